The van der Waals surface area contributed by atoms with Crippen LogP contribution < -0.4 is 5.56 Å². The fraction of sp³-hybridized carbons (Fsp3) is 0.438. The van der Waals surface area contributed by atoms with E-state index in [0.717, 1.165) is 5.39 Å². The average Bonchev–Trinajstić information content (AvgIpc) is 2.49. The van der Waals surface area contributed by atoms with Gasteiger partial charge in [0.15, 0.2) is 0 Å². The van der Waals surface area contributed by atoms with Crippen LogP contribution in [0.5, 0.6) is 0 Å². The van der Waals surface area contributed by atoms with Gasteiger partial charge in [0.1, 0.15) is 0 Å². The van der Waals surface area contributed by atoms with Gasteiger partial charge in [0.05, 0.1) is 29.7 Å². The lowest BCUT2D eigenvalue weighted by Gasteiger charge is -2.35. The maximum absolute atomic E-state index is 12.5. The van der Waals surface area contributed by atoms with Gasteiger partial charge in [-0.1, -0.05) is 18.2 Å². The van der Waals surface area contributed by atoms with Crippen molar-refractivity contribution in [3.8, 4) is 0 Å². The molecule has 0 spiro atoms. The second-order valence-electron chi connectivity index (χ2n) is 5.78. The highest BCUT2D eigenvalue weighted by Gasteiger charge is 2.26. The van der Waals surface area contributed by atoms with Crippen LogP contribution in [0.2, 0.25) is 0 Å². The van der Waals surface area contributed by atoms with Gasteiger partial charge in [-0.15, -0.1) is 0 Å². The molecule has 1 fully saturated rings. The Bertz CT molecular complexity index is 746. The Kier molecular flexibility index (Phi) is 3.94. The van der Waals surface area contributed by atoms with Crippen LogP contribution in [0.4, 0.5) is 0 Å². The molecule has 2 atom stereocenters. The van der Waals surface area contributed by atoms with Gasteiger partial charge in [0, 0.05) is 18.5 Å². The number of carbonyl (C=O) groups excluding carboxylic acids is 1. The van der Waals surface area contributed by atoms with E-state index in [1.54, 1.807) is 17.0 Å². The molecule has 1 saturated heterocycles. The predicted octanol–water partition coefficient (Wildman–Crippen LogP) is 1.10. The Morgan fingerprint density at radius 3 is 2.59 bits per heavy atom. The van der Waals surface area contributed by atoms with Crippen LogP contribution in [-0.2, 0) is 16.0 Å². The summed E-state index contributed by atoms with van der Waals surface area (Å²) in [6, 6.07) is 7.21. The lowest BCUT2D eigenvalue weighted by molar-refractivity contribution is -0.142. The second kappa shape index (κ2) is 5.88. The molecule has 22 heavy (non-hydrogen) atoms. The molecule has 6 nitrogen and oxygen atoms in total. The Labute approximate surface area is 128 Å². The summed E-state index contributed by atoms with van der Waals surface area (Å²) in [5.41, 5.74) is 0.368. The van der Waals surface area contributed by atoms with Gasteiger partial charge in [-0.2, -0.15) is 5.10 Å². The number of aromatic amines is 1. The molecule has 1 aromatic heterocycles. The average molecular weight is 301 g/mol. The highest BCUT2D eigenvalue weighted by molar-refractivity contribution is 5.88. The topological polar surface area (TPSA) is 75.3 Å². The van der Waals surface area contributed by atoms with Crippen molar-refractivity contribution in [1.29, 1.82) is 0 Å². The van der Waals surface area contributed by atoms with Gasteiger partial charge in [0.25, 0.3) is 5.56 Å². The van der Waals surface area contributed by atoms with E-state index in [-0.39, 0.29) is 30.1 Å². The number of nitrogens with one attached hydrogen (secondary N) is 1. The molecule has 0 bridgehead atoms. The molecule has 0 aliphatic carbocycles. The van der Waals surface area contributed by atoms with Gasteiger partial charge in [-0.3, -0.25) is 9.59 Å². The van der Waals surface area contributed by atoms with Crippen LogP contribution >= 0.6 is 0 Å². The first-order valence-electron chi connectivity index (χ1n) is 7.44. The molecule has 2 heterocycles. The Morgan fingerprint density at radius 1 is 1.27 bits per heavy atom. The molecule has 0 unspecified atom stereocenters. The molecule has 1 amide bonds. The van der Waals surface area contributed by atoms with Crippen LogP contribution in [-0.4, -0.2) is 46.3 Å². The van der Waals surface area contributed by atoms with Crippen molar-refractivity contribution in [3.63, 3.8) is 0 Å². The Morgan fingerprint density at radius 2 is 1.91 bits per heavy atom. The molecule has 0 radical (unpaired) electrons. The summed E-state index contributed by atoms with van der Waals surface area (Å²) in [5.74, 6) is 0.00621. The molecule has 116 valence electrons. The lowest BCUT2D eigenvalue weighted by Crippen LogP contribution is -2.48. The number of benzene rings is 1. The summed E-state index contributed by atoms with van der Waals surface area (Å²) < 4.78 is 5.65. The fourth-order valence-electron chi connectivity index (χ4n) is 2.94. The normalized spacial score (nSPS) is 22.0. The van der Waals surface area contributed by atoms with Crippen LogP contribution in [0.25, 0.3) is 10.8 Å². The van der Waals surface area contributed by atoms with E-state index in [1.807, 2.05) is 26.0 Å². The van der Waals surface area contributed by atoms with Gasteiger partial charge in [-0.25, -0.2) is 5.10 Å². The number of hydrogen-bond acceptors (Lipinski definition) is 4. The monoisotopic (exact) mass is 301 g/mol. The van der Waals surface area contributed by atoms with E-state index < -0.39 is 0 Å². The quantitative estimate of drug-likeness (QED) is 0.901. The zero-order valence-electron chi connectivity index (χ0n) is 12.7. The van der Waals surface area contributed by atoms with Crippen LogP contribution in [0.15, 0.2) is 29.1 Å². The third-order valence-electron chi connectivity index (χ3n) is 3.87. The first kappa shape index (κ1) is 14.7. The van der Waals surface area contributed by atoms with Crippen molar-refractivity contribution in [2.45, 2.75) is 32.5 Å². The van der Waals surface area contributed by atoms with E-state index in [9.17, 15) is 9.59 Å². The minimum atomic E-state index is -0.236. The predicted molar refractivity (Wildman–Crippen MR) is 82.7 cm³/mol. The summed E-state index contributed by atoms with van der Waals surface area (Å²) >= 11 is 0. The Hall–Kier alpha value is -2.21. The van der Waals surface area contributed by atoms with E-state index >= 15 is 0 Å². The third-order valence-corrected chi connectivity index (χ3v) is 3.87. The van der Waals surface area contributed by atoms with Crippen molar-refractivity contribution in [2.24, 2.45) is 0 Å². The molecule has 0 saturated carbocycles. The molecule has 3 rings (SSSR count). The van der Waals surface area contributed by atoms with Crippen molar-refractivity contribution in [1.82, 2.24) is 15.1 Å². The molecule has 1 aliphatic heterocycles. The number of morpholine rings is 1. The van der Waals surface area contributed by atoms with Crippen molar-refractivity contribution < 1.29 is 9.53 Å². The largest absolute Gasteiger partial charge is 0.372 e. The summed E-state index contributed by atoms with van der Waals surface area (Å²) in [6.07, 6.45) is 0.248. The zero-order chi connectivity index (χ0) is 15.7. The number of rotatable bonds is 2. The smallest absolute Gasteiger partial charge is 0.272 e. The van der Waals surface area contributed by atoms with Crippen LogP contribution in [0, 0.1) is 0 Å². The SMILES string of the molecule is C[C@@H]1CN(C(=O)Cc2n[nH]c(=O)c3ccccc23)C[C@H](C)O1. The van der Waals surface area contributed by atoms with Gasteiger partial charge >= 0.3 is 0 Å². The maximum atomic E-state index is 12.5. The number of fused-ring (bicyclic) bond motifs is 1. The highest BCUT2D eigenvalue weighted by atomic mass is 16.5. The van der Waals surface area contributed by atoms with E-state index in [4.69, 9.17) is 4.74 Å². The molecular weight excluding hydrogens is 282 g/mol. The minimum absolute atomic E-state index is 0.00621. The molecule has 2 aromatic rings. The number of H-pyrrole nitrogens is 1. The standard InChI is InChI=1S/C16H19N3O3/c1-10-8-19(9-11(2)22-10)15(20)7-14-12-5-3-4-6-13(12)16(21)18-17-14/h3-6,10-11H,7-9H2,1-2H3,(H,18,21)/t10-,11+. The summed E-state index contributed by atoms with van der Waals surface area (Å²) in [4.78, 5) is 26.1. The number of amides is 1. The number of hydrogen-bond donors (Lipinski definition) is 1. The van der Waals surface area contributed by atoms with Crippen LogP contribution in [0.1, 0.15) is 19.5 Å². The second-order valence-corrected chi connectivity index (χ2v) is 5.78. The first-order valence-corrected chi connectivity index (χ1v) is 7.44. The third kappa shape index (κ3) is 2.87. The number of ether oxygens (including phenoxy) is 1. The minimum Gasteiger partial charge on any atom is -0.372 e. The molecule has 1 N–H and O–H groups in total. The Balaban J connectivity index is 1.86. The van der Waals surface area contributed by atoms with Gasteiger partial charge in [-0.05, 0) is 19.9 Å². The molecule has 1 aliphatic rings. The van der Waals surface area contributed by atoms with E-state index in [1.165, 1.54) is 0 Å². The number of aromatic nitrogens is 2. The fourth-order valence-corrected chi connectivity index (χ4v) is 2.94. The van der Waals surface area contributed by atoms with E-state index in [2.05, 4.69) is 10.2 Å². The van der Waals surface area contributed by atoms with E-state index in [0.29, 0.717) is 24.2 Å². The van der Waals surface area contributed by atoms with Gasteiger partial charge in [0.2, 0.25) is 5.91 Å². The zero-order valence-corrected chi connectivity index (χ0v) is 12.7. The van der Waals surface area contributed by atoms with Gasteiger partial charge < -0.3 is 9.64 Å². The highest BCUT2D eigenvalue weighted by Crippen LogP contribution is 2.16. The summed E-state index contributed by atoms with van der Waals surface area (Å²) in [7, 11) is 0. The van der Waals surface area contributed by atoms with Crippen molar-refractivity contribution in [3.05, 3.63) is 40.3 Å². The number of nitrogens with zero attached hydrogens (tertiary/aromatic N) is 2. The lowest BCUT2D eigenvalue weighted by atomic mass is 10.1. The summed E-state index contributed by atoms with van der Waals surface area (Å²) in [6.45, 7) is 5.10. The number of carbonyl (C=O) groups is 1. The first-order chi connectivity index (χ1) is 10.5. The van der Waals surface area contributed by atoms with Crippen molar-refractivity contribution >= 4 is 16.7 Å². The molecular formula is C16H19N3O3. The van der Waals surface area contributed by atoms with Crippen molar-refractivity contribution in [2.75, 3.05) is 13.1 Å². The summed E-state index contributed by atoms with van der Waals surface area (Å²) in [5, 5.41) is 7.82. The molecule has 1 aromatic carbocycles. The van der Waals surface area contributed by atoms with Crippen LogP contribution in [0.3, 0.4) is 0 Å². The molecule has 6 heteroatoms. The maximum Gasteiger partial charge on any atom is 0.272 e.